The van der Waals surface area contributed by atoms with Gasteiger partial charge in [-0.05, 0) is 32.4 Å². The number of hydrogen-bond acceptors (Lipinski definition) is 1. The molecule has 0 saturated heterocycles. The molecule has 0 bridgehead atoms. The van der Waals surface area contributed by atoms with E-state index >= 15 is 0 Å². The van der Waals surface area contributed by atoms with Gasteiger partial charge in [-0.2, -0.15) is 0 Å². The van der Waals surface area contributed by atoms with Crippen LogP contribution in [0.4, 0.5) is 0 Å². The average molecular weight is 409 g/mol. The summed E-state index contributed by atoms with van der Waals surface area (Å²) in [4.78, 5) is 0. The Labute approximate surface area is 185 Å². The third-order valence-corrected chi connectivity index (χ3v) is 5.45. The minimum absolute atomic E-state index is 0.944. The van der Waals surface area contributed by atoms with E-state index in [0.29, 0.717) is 0 Å². The van der Waals surface area contributed by atoms with E-state index in [9.17, 15) is 0 Å². The third kappa shape index (κ3) is 32.2. The maximum Gasteiger partial charge on any atom is 0.0958 e. The molecule has 0 rings (SSSR count). The Balaban J connectivity index is 0. The van der Waals surface area contributed by atoms with Gasteiger partial charge in [0.05, 0.1) is 12.0 Å². The first-order valence-electron chi connectivity index (χ1n) is 13.2. The van der Waals surface area contributed by atoms with Gasteiger partial charge in [-0.25, -0.2) is 0 Å². The minimum Gasteiger partial charge on any atom is -0.470 e. The molecule has 0 saturated carbocycles. The highest BCUT2D eigenvalue weighted by Gasteiger charge is 1.94. The fourth-order valence-corrected chi connectivity index (χ4v) is 3.29. The summed E-state index contributed by atoms with van der Waals surface area (Å²) in [5.41, 5.74) is 0. The molecule has 0 spiro atoms. The van der Waals surface area contributed by atoms with Crippen molar-refractivity contribution in [3.63, 3.8) is 0 Å². The van der Waals surface area contributed by atoms with Crippen molar-refractivity contribution in [2.45, 2.75) is 157 Å². The van der Waals surface area contributed by atoms with Gasteiger partial charge in [-0.15, -0.1) is 0 Å². The van der Waals surface area contributed by atoms with Crippen LogP contribution >= 0.6 is 0 Å². The summed E-state index contributed by atoms with van der Waals surface area (Å²) in [5.74, 6) is 0.944. The van der Waals surface area contributed by atoms with Gasteiger partial charge in [-0.3, -0.25) is 0 Å². The van der Waals surface area contributed by atoms with E-state index in [4.69, 9.17) is 4.74 Å². The molecule has 1 nitrogen and oxygen atoms in total. The van der Waals surface area contributed by atoms with Crippen molar-refractivity contribution in [3.05, 3.63) is 24.2 Å². The Bertz CT molecular complexity index is 311. The lowest BCUT2D eigenvalue weighted by Gasteiger charge is -2.03. The Morgan fingerprint density at radius 2 is 0.862 bits per heavy atom. The van der Waals surface area contributed by atoms with Crippen molar-refractivity contribution >= 4 is 0 Å². The summed E-state index contributed by atoms with van der Waals surface area (Å²) in [6, 6.07) is 0. The molecule has 0 aliphatic rings. The van der Waals surface area contributed by atoms with Gasteiger partial charge in [0.2, 0.25) is 0 Å². The van der Waals surface area contributed by atoms with Crippen LogP contribution in [0.1, 0.15) is 157 Å². The molecule has 0 aromatic rings. The SMILES string of the molecule is CC=C(C)OC=CCC.CCCCCCCCCCCCCCCCCCCC. The molecule has 0 aromatic carbocycles. The lowest BCUT2D eigenvalue weighted by atomic mass is 10.0. The van der Waals surface area contributed by atoms with Crippen LogP contribution in [0.2, 0.25) is 0 Å². The number of unbranched alkanes of at least 4 members (excludes halogenated alkanes) is 17. The summed E-state index contributed by atoms with van der Waals surface area (Å²) in [5, 5.41) is 0. The number of hydrogen-bond donors (Lipinski definition) is 0. The topological polar surface area (TPSA) is 9.23 Å². The Morgan fingerprint density at radius 3 is 1.10 bits per heavy atom. The summed E-state index contributed by atoms with van der Waals surface area (Å²) < 4.78 is 5.11. The highest BCUT2D eigenvalue weighted by Crippen LogP contribution is 2.14. The fourth-order valence-electron chi connectivity index (χ4n) is 3.29. The van der Waals surface area contributed by atoms with E-state index in [1.54, 1.807) is 6.26 Å². The molecule has 0 N–H and O–H groups in total. The van der Waals surface area contributed by atoms with Crippen LogP contribution in [-0.2, 0) is 4.74 Å². The van der Waals surface area contributed by atoms with E-state index in [1.807, 2.05) is 26.0 Å². The highest BCUT2D eigenvalue weighted by atomic mass is 16.5. The van der Waals surface area contributed by atoms with Crippen molar-refractivity contribution in [2.75, 3.05) is 0 Å². The zero-order valence-corrected chi connectivity index (χ0v) is 21.1. The van der Waals surface area contributed by atoms with Gasteiger partial charge in [0.15, 0.2) is 0 Å². The molecule has 0 aromatic heterocycles. The van der Waals surface area contributed by atoms with Crippen molar-refractivity contribution in [1.29, 1.82) is 0 Å². The second-order valence-electron chi connectivity index (χ2n) is 8.45. The number of rotatable bonds is 20. The molecule has 0 unspecified atom stereocenters. The highest BCUT2D eigenvalue weighted by molar-refractivity contribution is 4.88. The molecule has 0 radical (unpaired) electrons. The van der Waals surface area contributed by atoms with E-state index in [1.165, 1.54) is 116 Å². The molecule has 29 heavy (non-hydrogen) atoms. The summed E-state index contributed by atoms with van der Waals surface area (Å²) >= 11 is 0. The van der Waals surface area contributed by atoms with Crippen LogP contribution < -0.4 is 0 Å². The summed E-state index contributed by atoms with van der Waals surface area (Å²) in [7, 11) is 0. The van der Waals surface area contributed by atoms with Crippen LogP contribution in [0.3, 0.4) is 0 Å². The third-order valence-electron chi connectivity index (χ3n) is 5.45. The van der Waals surface area contributed by atoms with Gasteiger partial charge < -0.3 is 4.74 Å². The second-order valence-corrected chi connectivity index (χ2v) is 8.45. The first-order valence-corrected chi connectivity index (χ1v) is 13.2. The molecule has 0 atom stereocenters. The Kier molecular flexibility index (Phi) is 31.0. The molecular weight excluding hydrogens is 352 g/mol. The molecule has 0 heterocycles. The Morgan fingerprint density at radius 1 is 0.552 bits per heavy atom. The maximum atomic E-state index is 5.11. The molecule has 0 aliphatic carbocycles. The van der Waals surface area contributed by atoms with Gasteiger partial charge in [0.25, 0.3) is 0 Å². The summed E-state index contributed by atoms with van der Waals surface area (Å²) in [6.07, 6.45) is 33.1. The lowest BCUT2D eigenvalue weighted by molar-refractivity contribution is 0.351. The fraction of sp³-hybridized carbons (Fsp3) is 0.857. The molecule has 0 fully saturated rings. The van der Waals surface area contributed by atoms with Crippen LogP contribution in [-0.4, -0.2) is 0 Å². The Hall–Kier alpha value is -0.720. The van der Waals surface area contributed by atoms with E-state index < -0.39 is 0 Å². The monoisotopic (exact) mass is 408 g/mol. The average Bonchev–Trinajstić information content (AvgIpc) is 2.74. The molecular formula is C28H56O. The smallest absolute Gasteiger partial charge is 0.0958 e. The molecule has 1 heteroatoms. The zero-order chi connectivity index (χ0) is 21.8. The van der Waals surface area contributed by atoms with Crippen LogP contribution in [0.5, 0.6) is 0 Å². The predicted molar refractivity (Wildman–Crippen MR) is 134 cm³/mol. The first kappa shape index (κ1) is 30.5. The van der Waals surface area contributed by atoms with Crippen molar-refractivity contribution < 1.29 is 4.74 Å². The van der Waals surface area contributed by atoms with Gasteiger partial charge >= 0.3 is 0 Å². The normalized spacial score (nSPS) is 11.6. The van der Waals surface area contributed by atoms with Crippen LogP contribution in [0, 0.1) is 0 Å². The van der Waals surface area contributed by atoms with Crippen molar-refractivity contribution in [1.82, 2.24) is 0 Å². The standard InChI is InChI=1S/C20H42.C8H14O/c1-3-5-7-9-11-13-15-17-19-20-18-16-14-12-10-8-6-4-2;1-4-6-7-9-8(3)5-2/h3-20H2,1-2H3;5-7H,4H2,1-3H3. The molecule has 0 amide bonds. The van der Waals surface area contributed by atoms with Crippen LogP contribution in [0.15, 0.2) is 24.2 Å². The molecule has 174 valence electrons. The first-order chi connectivity index (χ1) is 14.2. The largest absolute Gasteiger partial charge is 0.470 e. The van der Waals surface area contributed by atoms with E-state index in [0.717, 1.165) is 12.2 Å². The minimum atomic E-state index is 0.944. The van der Waals surface area contributed by atoms with Crippen LogP contribution in [0.25, 0.3) is 0 Å². The van der Waals surface area contributed by atoms with Gasteiger partial charge in [-0.1, -0.05) is 136 Å². The molecule has 0 aliphatic heterocycles. The lowest BCUT2D eigenvalue weighted by Crippen LogP contribution is -1.83. The number of allylic oxidation sites excluding steroid dienone is 3. The second kappa shape index (κ2) is 29.5. The number of ether oxygens (including phenoxy) is 1. The predicted octanol–water partition coefficient (Wildman–Crippen LogP) is 10.9. The van der Waals surface area contributed by atoms with E-state index in [-0.39, 0.29) is 0 Å². The maximum absolute atomic E-state index is 5.11. The van der Waals surface area contributed by atoms with Crippen molar-refractivity contribution in [3.8, 4) is 0 Å². The van der Waals surface area contributed by atoms with Gasteiger partial charge in [0.1, 0.15) is 0 Å². The van der Waals surface area contributed by atoms with E-state index in [2.05, 4.69) is 20.8 Å². The van der Waals surface area contributed by atoms with Gasteiger partial charge in [0, 0.05) is 0 Å². The zero-order valence-electron chi connectivity index (χ0n) is 21.1. The van der Waals surface area contributed by atoms with Crippen molar-refractivity contribution in [2.24, 2.45) is 0 Å². The quantitative estimate of drug-likeness (QED) is 0.144. The summed E-state index contributed by atoms with van der Waals surface area (Å²) in [6.45, 7) is 10.6.